The zero-order valence-corrected chi connectivity index (χ0v) is 14.4. The molecular formula is C17H21F3N2O3. The largest absolute Gasteiger partial charge is 0.456 e. The number of anilines is 1. The molecule has 2 rings (SSSR count). The molecule has 25 heavy (non-hydrogen) atoms. The van der Waals surface area contributed by atoms with Crippen LogP contribution in [-0.4, -0.2) is 44.0 Å². The fourth-order valence-electron chi connectivity index (χ4n) is 2.64. The third kappa shape index (κ3) is 4.72. The molecule has 0 bridgehead atoms. The Kier molecular flexibility index (Phi) is 5.41. The van der Waals surface area contributed by atoms with Gasteiger partial charge in [-0.1, -0.05) is 0 Å². The van der Waals surface area contributed by atoms with E-state index in [0.717, 1.165) is 12.1 Å². The maximum Gasteiger partial charge on any atom is 0.416 e. The highest BCUT2D eigenvalue weighted by Gasteiger charge is 2.35. The van der Waals surface area contributed by atoms with Crippen LogP contribution in [0.15, 0.2) is 12.1 Å². The van der Waals surface area contributed by atoms with Gasteiger partial charge in [-0.2, -0.15) is 13.2 Å². The molecule has 1 saturated heterocycles. The van der Waals surface area contributed by atoms with Crippen molar-refractivity contribution < 1.29 is 27.5 Å². The molecule has 0 radical (unpaired) electrons. The van der Waals surface area contributed by atoms with Crippen LogP contribution in [0, 0.1) is 0 Å². The SMILES string of the molecule is CC(C)(C)OC(=O)c1cc(C(F)(F)F)cc(C=O)c1N1CCNCC1. The molecule has 1 aliphatic heterocycles. The molecule has 1 aromatic rings. The summed E-state index contributed by atoms with van der Waals surface area (Å²) in [6.07, 6.45) is -4.32. The Bertz CT molecular complexity index is 660. The second kappa shape index (κ2) is 7.03. The summed E-state index contributed by atoms with van der Waals surface area (Å²) >= 11 is 0. The van der Waals surface area contributed by atoms with Crippen molar-refractivity contribution in [2.45, 2.75) is 32.5 Å². The monoisotopic (exact) mass is 358 g/mol. The van der Waals surface area contributed by atoms with Gasteiger partial charge in [-0.25, -0.2) is 4.79 Å². The lowest BCUT2D eigenvalue weighted by Gasteiger charge is -2.32. The molecule has 1 aliphatic rings. The molecular weight excluding hydrogens is 337 g/mol. The molecule has 0 saturated carbocycles. The Morgan fingerprint density at radius 2 is 1.80 bits per heavy atom. The van der Waals surface area contributed by atoms with Gasteiger partial charge in [-0.3, -0.25) is 4.79 Å². The second-order valence-corrected chi connectivity index (χ2v) is 6.82. The van der Waals surface area contributed by atoms with Gasteiger partial charge < -0.3 is 15.0 Å². The lowest BCUT2D eigenvalue weighted by Crippen LogP contribution is -2.44. The summed E-state index contributed by atoms with van der Waals surface area (Å²) in [5.74, 6) is -0.879. The molecule has 1 aromatic carbocycles. The van der Waals surface area contributed by atoms with E-state index in [1.165, 1.54) is 0 Å². The van der Waals surface area contributed by atoms with E-state index in [2.05, 4.69) is 5.32 Å². The van der Waals surface area contributed by atoms with Crippen LogP contribution < -0.4 is 10.2 Å². The van der Waals surface area contributed by atoms with Crippen molar-refractivity contribution in [3.63, 3.8) is 0 Å². The Labute approximate surface area is 144 Å². The van der Waals surface area contributed by atoms with Crippen molar-refractivity contribution in [3.8, 4) is 0 Å². The number of hydrogen-bond donors (Lipinski definition) is 1. The fourth-order valence-corrected chi connectivity index (χ4v) is 2.64. The number of aldehydes is 1. The first-order valence-electron chi connectivity index (χ1n) is 7.92. The standard InChI is InChI=1S/C17H21F3N2O3/c1-16(2,3)25-15(24)13-9-12(17(18,19)20)8-11(10-23)14(13)22-6-4-21-5-7-22/h8-10,21H,4-7H2,1-3H3. The lowest BCUT2D eigenvalue weighted by molar-refractivity contribution is -0.137. The molecule has 0 aliphatic carbocycles. The smallest absolute Gasteiger partial charge is 0.416 e. The number of esters is 1. The Hall–Kier alpha value is -2.09. The van der Waals surface area contributed by atoms with Crippen LogP contribution >= 0.6 is 0 Å². The van der Waals surface area contributed by atoms with Crippen LogP contribution in [-0.2, 0) is 10.9 Å². The number of nitrogens with zero attached hydrogens (tertiary/aromatic N) is 1. The number of ether oxygens (including phenoxy) is 1. The van der Waals surface area contributed by atoms with Gasteiger partial charge in [0.25, 0.3) is 0 Å². The summed E-state index contributed by atoms with van der Waals surface area (Å²) in [4.78, 5) is 25.7. The number of hydrogen-bond acceptors (Lipinski definition) is 5. The third-order valence-corrected chi connectivity index (χ3v) is 3.65. The van der Waals surface area contributed by atoms with E-state index in [1.54, 1.807) is 25.7 Å². The quantitative estimate of drug-likeness (QED) is 0.665. The van der Waals surface area contributed by atoms with Crippen molar-refractivity contribution in [1.82, 2.24) is 5.32 Å². The number of carbonyl (C=O) groups excluding carboxylic acids is 2. The van der Waals surface area contributed by atoms with E-state index in [1.807, 2.05) is 0 Å². The third-order valence-electron chi connectivity index (χ3n) is 3.65. The first-order valence-corrected chi connectivity index (χ1v) is 7.92. The van der Waals surface area contributed by atoms with Crippen molar-refractivity contribution in [1.29, 1.82) is 0 Å². The minimum Gasteiger partial charge on any atom is -0.456 e. The highest BCUT2D eigenvalue weighted by Crippen LogP contribution is 2.36. The highest BCUT2D eigenvalue weighted by molar-refractivity contribution is 6.01. The highest BCUT2D eigenvalue weighted by atomic mass is 19.4. The lowest BCUT2D eigenvalue weighted by atomic mass is 10.0. The summed E-state index contributed by atoms with van der Waals surface area (Å²) in [5.41, 5.74) is -2.13. The summed E-state index contributed by atoms with van der Waals surface area (Å²) in [7, 11) is 0. The second-order valence-electron chi connectivity index (χ2n) is 6.82. The first kappa shape index (κ1) is 19.2. The van der Waals surface area contributed by atoms with Crippen molar-refractivity contribution in [2.75, 3.05) is 31.1 Å². The van der Waals surface area contributed by atoms with Crippen LogP contribution in [0.1, 0.15) is 47.1 Å². The number of carbonyl (C=O) groups is 2. The minimum atomic E-state index is -4.67. The van der Waals surface area contributed by atoms with Crippen LogP contribution in [0.4, 0.5) is 18.9 Å². The Morgan fingerprint density at radius 1 is 1.20 bits per heavy atom. The normalized spacial score (nSPS) is 15.8. The van der Waals surface area contributed by atoms with E-state index in [9.17, 15) is 22.8 Å². The molecule has 8 heteroatoms. The summed E-state index contributed by atoms with van der Waals surface area (Å²) in [6.45, 7) is 7.04. The first-order chi connectivity index (χ1) is 11.5. The average Bonchev–Trinajstić information content (AvgIpc) is 2.51. The molecule has 1 N–H and O–H groups in total. The molecule has 0 aromatic heterocycles. The fraction of sp³-hybridized carbons (Fsp3) is 0.529. The molecule has 0 atom stereocenters. The van der Waals surface area contributed by atoms with Gasteiger partial charge >= 0.3 is 12.1 Å². The van der Waals surface area contributed by atoms with E-state index < -0.39 is 23.3 Å². The van der Waals surface area contributed by atoms with Gasteiger partial charge in [0.05, 0.1) is 16.8 Å². The van der Waals surface area contributed by atoms with Crippen LogP contribution in [0.25, 0.3) is 0 Å². The zero-order chi connectivity index (χ0) is 18.8. The van der Waals surface area contributed by atoms with Gasteiger partial charge in [0.1, 0.15) is 5.60 Å². The molecule has 1 fully saturated rings. The number of piperazine rings is 1. The number of benzene rings is 1. The van der Waals surface area contributed by atoms with Crippen LogP contribution in [0.3, 0.4) is 0 Å². The Morgan fingerprint density at radius 3 is 2.28 bits per heavy atom. The zero-order valence-electron chi connectivity index (χ0n) is 14.4. The molecule has 5 nitrogen and oxygen atoms in total. The van der Waals surface area contributed by atoms with E-state index in [-0.39, 0.29) is 16.8 Å². The van der Waals surface area contributed by atoms with E-state index >= 15 is 0 Å². The van der Waals surface area contributed by atoms with Gasteiger partial charge in [0.15, 0.2) is 6.29 Å². The summed E-state index contributed by atoms with van der Waals surface area (Å²) in [6, 6.07) is 1.54. The number of rotatable bonds is 3. The van der Waals surface area contributed by atoms with Gasteiger partial charge in [0, 0.05) is 31.7 Å². The summed E-state index contributed by atoms with van der Waals surface area (Å²) in [5, 5.41) is 3.12. The number of alkyl halides is 3. The van der Waals surface area contributed by atoms with Crippen molar-refractivity contribution in [3.05, 3.63) is 28.8 Å². The number of halogens is 3. The Balaban J connectivity index is 2.61. The molecule has 0 spiro atoms. The molecule has 1 heterocycles. The van der Waals surface area contributed by atoms with Crippen LogP contribution in [0.2, 0.25) is 0 Å². The summed E-state index contributed by atoms with van der Waals surface area (Å²) < 4.78 is 44.8. The topological polar surface area (TPSA) is 58.6 Å². The van der Waals surface area contributed by atoms with E-state index in [0.29, 0.717) is 32.5 Å². The van der Waals surface area contributed by atoms with Crippen LogP contribution in [0.5, 0.6) is 0 Å². The van der Waals surface area contributed by atoms with Gasteiger partial charge in [-0.15, -0.1) is 0 Å². The molecule has 138 valence electrons. The van der Waals surface area contributed by atoms with E-state index in [4.69, 9.17) is 4.74 Å². The maximum absolute atomic E-state index is 13.2. The van der Waals surface area contributed by atoms with Gasteiger partial charge in [0.2, 0.25) is 0 Å². The number of nitrogens with one attached hydrogen (secondary N) is 1. The molecule has 0 unspecified atom stereocenters. The average molecular weight is 358 g/mol. The maximum atomic E-state index is 13.2. The predicted octanol–water partition coefficient (Wildman–Crippen LogP) is 2.88. The minimum absolute atomic E-state index is 0.169. The van der Waals surface area contributed by atoms with Crippen molar-refractivity contribution >= 4 is 17.9 Å². The van der Waals surface area contributed by atoms with Gasteiger partial charge in [-0.05, 0) is 32.9 Å². The molecule has 0 amide bonds. The van der Waals surface area contributed by atoms with Crippen molar-refractivity contribution in [2.24, 2.45) is 0 Å². The predicted molar refractivity (Wildman–Crippen MR) is 87.1 cm³/mol.